The van der Waals surface area contributed by atoms with E-state index in [2.05, 4.69) is 12.2 Å². The molecule has 5 heteroatoms. The topological polar surface area (TPSA) is 45.5 Å². The van der Waals surface area contributed by atoms with Crippen LogP contribution in [0.5, 0.6) is 0 Å². The van der Waals surface area contributed by atoms with E-state index in [1.165, 1.54) is 0 Å². The summed E-state index contributed by atoms with van der Waals surface area (Å²) in [6, 6.07) is 3.92. The van der Waals surface area contributed by atoms with Gasteiger partial charge in [0.2, 0.25) is 0 Å². The molecule has 1 N–H and O–H groups in total. The quantitative estimate of drug-likeness (QED) is 0.813. The molecule has 90 valence electrons. The lowest BCUT2D eigenvalue weighted by molar-refractivity contribution is 0.0675. The zero-order chi connectivity index (χ0) is 10.8. The Morgan fingerprint density at radius 2 is 2.31 bits per heavy atom. The highest BCUT2D eigenvalue weighted by Crippen LogP contribution is 2.11. The molecular weight excluding hydrogens is 228 g/mol. The Morgan fingerprint density at radius 1 is 1.56 bits per heavy atom. The van der Waals surface area contributed by atoms with E-state index >= 15 is 0 Å². The predicted octanol–water partition coefficient (Wildman–Crippen LogP) is 1.44. The standard InChI is InChI=1S/C11H16N2O2.ClH/c1-8-7-13(6-5-12-8)11(14)10-4-3-9(2)15-10;/h3-4,8,12H,5-7H2,1-2H3;1H/t8-;/m1./s1. The number of furan rings is 1. The lowest BCUT2D eigenvalue weighted by Gasteiger charge is -2.31. The SMILES string of the molecule is Cc1ccc(C(=O)N2CCN[C@H](C)C2)o1.Cl. The number of aryl methyl sites for hydroxylation is 1. The molecule has 4 nitrogen and oxygen atoms in total. The van der Waals surface area contributed by atoms with Crippen LogP contribution in [0.1, 0.15) is 23.2 Å². The van der Waals surface area contributed by atoms with E-state index in [4.69, 9.17) is 4.42 Å². The second-order valence-electron chi connectivity index (χ2n) is 4.02. The molecule has 1 aromatic heterocycles. The molecule has 0 bridgehead atoms. The summed E-state index contributed by atoms with van der Waals surface area (Å²) in [4.78, 5) is 13.8. The summed E-state index contributed by atoms with van der Waals surface area (Å²) < 4.78 is 5.32. The van der Waals surface area contributed by atoms with Crippen molar-refractivity contribution in [3.05, 3.63) is 23.7 Å². The molecule has 1 aromatic rings. The third kappa shape index (κ3) is 2.77. The van der Waals surface area contributed by atoms with Gasteiger partial charge in [-0.1, -0.05) is 0 Å². The van der Waals surface area contributed by atoms with Crippen LogP contribution in [0.3, 0.4) is 0 Å². The Bertz CT molecular complexity index is 365. The highest BCUT2D eigenvalue weighted by Gasteiger charge is 2.23. The first-order valence-corrected chi connectivity index (χ1v) is 5.26. The maximum absolute atomic E-state index is 12.0. The normalized spacial score (nSPS) is 20.4. The molecule has 1 saturated heterocycles. The van der Waals surface area contributed by atoms with E-state index in [0.29, 0.717) is 11.8 Å². The first kappa shape index (κ1) is 13.1. The minimum absolute atomic E-state index is 0. The molecule has 0 unspecified atom stereocenters. The number of piperazine rings is 1. The first-order valence-electron chi connectivity index (χ1n) is 5.26. The summed E-state index contributed by atoms with van der Waals surface area (Å²) in [7, 11) is 0. The van der Waals surface area contributed by atoms with Gasteiger partial charge in [0.05, 0.1) is 0 Å². The second-order valence-corrected chi connectivity index (χ2v) is 4.02. The number of nitrogens with zero attached hydrogens (tertiary/aromatic N) is 1. The van der Waals surface area contributed by atoms with Crippen LogP contribution < -0.4 is 5.32 Å². The van der Waals surface area contributed by atoms with Gasteiger partial charge in [-0.05, 0) is 26.0 Å². The Kier molecular flexibility index (Phi) is 4.38. The van der Waals surface area contributed by atoms with Gasteiger partial charge in [-0.2, -0.15) is 0 Å². The van der Waals surface area contributed by atoms with E-state index in [0.717, 1.165) is 25.4 Å². The molecule has 1 atom stereocenters. The Hall–Kier alpha value is -1.00. The van der Waals surface area contributed by atoms with Gasteiger partial charge >= 0.3 is 0 Å². The van der Waals surface area contributed by atoms with Gasteiger partial charge in [0.25, 0.3) is 5.91 Å². The van der Waals surface area contributed by atoms with Gasteiger partial charge in [0.15, 0.2) is 5.76 Å². The minimum atomic E-state index is -0.00329. The third-order valence-corrected chi connectivity index (χ3v) is 2.61. The maximum atomic E-state index is 12.0. The summed E-state index contributed by atoms with van der Waals surface area (Å²) in [5.41, 5.74) is 0. The van der Waals surface area contributed by atoms with E-state index in [1.807, 2.05) is 17.9 Å². The highest BCUT2D eigenvalue weighted by atomic mass is 35.5. The Balaban J connectivity index is 0.00000128. The smallest absolute Gasteiger partial charge is 0.289 e. The van der Waals surface area contributed by atoms with Crippen LogP contribution in [0, 0.1) is 6.92 Å². The van der Waals surface area contributed by atoms with Gasteiger partial charge in [-0.15, -0.1) is 12.4 Å². The van der Waals surface area contributed by atoms with Crippen LogP contribution in [0.2, 0.25) is 0 Å². The van der Waals surface area contributed by atoms with Crippen molar-refractivity contribution in [2.24, 2.45) is 0 Å². The zero-order valence-corrected chi connectivity index (χ0v) is 10.3. The maximum Gasteiger partial charge on any atom is 0.289 e. The number of nitrogens with one attached hydrogen (secondary N) is 1. The fourth-order valence-electron chi connectivity index (χ4n) is 1.82. The van der Waals surface area contributed by atoms with E-state index in [1.54, 1.807) is 6.07 Å². The number of amides is 1. The van der Waals surface area contributed by atoms with Crippen molar-refractivity contribution in [2.75, 3.05) is 19.6 Å². The van der Waals surface area contributed by atoms with Crippen LogP contribution >= 0.6 is 12.4 Å². The summed E-state index contributed by atoms with van der Waals surface area (Å²) in [6.45, 7) is 6.28. The van der Waals surface area contributed by atoms with Crippen LogP contribution in [0.25, 0.3) is 0 Å². The average Bonchev–Trinajstić information content (AvgIpc) is 2.64. The van der Waals surface area contributed by atoms with Crippen LogP contribution in [-0.2, 0) is 0 Å². The molecule has 0 radical (unpaired) electrons. The number of hydrogen-bond donors (Lipinski definition) is 1. The van der Waals surface area contributed by atoms with Crippen LogP contribution in [0.4, 0.5) is 0 Å². The van der Waals surface area contributed by atoms with Crippen molar-refractivity contribution in [1.82, 2.24) is 10.2 Å². The number of carbonyl (C=O) groups is 1. The van der Waals surface area contributed by atoms with E-state index in [-0.39, 0.29) is 18.3 Å². The molecule has 1 fully saturated rings. The lowest BCUT2D eigenvalue weighted by atomic mass is 10.2. The fourth-order valence-corrected chi connectivity index (χ4v) is 1.82. The third-order valence-electron chi connectivity index (χ3n) is 2.61. The summed E-state index contributed by atoms with van der Waals surface area (Å²) in [5.74, 6) is 1.22. The van der Waals surface area contributed by atoms with Crippen molar-refractivity contribution in [2.45, 2.75) is 19.9 Å². The van der Waals surface area contributed by atoms with Crippen LogP contribution in [-0.4, -0.2) is 36.5 Å². The number of hydrogen-bond acceptors (Lipinski definition) is 3. The van der Waals surface area contributed by atoms with Gasteiger partial charge in [-0.25, -0.2) is 0 Å². The van der Waals surface area contributed by atoms with E-state index < -0.39 is 0 Å². The summed E-state index contributed by atoms with van der Waals surface area (Å²) in [5, 5.41) is 3.30. The largest absolute Gasteiger partial charge is 0.456 e. The summed E-state index contributed by atoms with van der Waals surface area (Å²) in [6.07, 6.45) is 0. The zero-order valence-electron chi connectivity index (χ0n) is 9.53. The van der Waals surface area contributed by atoms with Crippen molar-refractivity contribution < 1.29 is 9.21 Å². The molecular formula is C11H17ClN2O2. The van der Waals surface area contributed by atoms with E-state index in [9.17, 15) is 4.79 Å². The lowest BCUT2D eigenvalue weighted by Crippen LogP contribution is -2.51. The molecule has 1 amide bonds. The van der Waals surface area contributed by atoms with Crippen molar-refractivity contribution in [1.29, 1.82) is 0 Å². The van der Waals surface area contributed by atoms with Gasteiger partial charge in [0.1, 0.15) is 5.76 Å². The van der Waals surface area contributed by atoms with Crippen molar-refractivity contribution in [3.63, 3.8) is 0 Å². The molecule has 1 aliphatic rings. The molecule has 0 aliphatic carbocycles. The monoisotopic (exact) mass is 244 g/mol. The average molecular weight is 245 g/mol. The number of halogens is 1. The van der Waals surface area contributed by atoms with Gasteiger partial charge < -0.3 is 14.6 Å². The molecule has 16 heavy (non-hydrogen) atoms. The van der Waals surface area contributed by atoms with Crippen molar-refractivity contribution in [3.8, 4) is 0 Å². The summed E-state index contributed by atoms with van der Waals surface area (Å²) >= 11 is 0. The molecule has 0 spiro atoms. The predicted molar refractivity (Wildman–Crippen MR) is 64.1 cm³/mol. The fraction of sp³-hybridized carbons (Fsp3) is 0.545. The molecule has 1 aliphatic heterocycles. The Morgan fingerprint density at radius 3 is 2.88 bits per heavy atom. The molecule has 2 rings (SSSR count). The minimum Gasteiger partial charge on any atom is -0.456 e. The molecule has 2 heterocycles. The highest BCUT2D eigenvalue weighted by molar-refractivity contribution is 5.91. The number of carbonyl (C=O) groups excluding carboxylic acids is 1. The Labute approximate surface area is 101 Å². The second kappa shape index (κ2) is 5.37. The van der Waals surface area contributed by atoms with Gasteiger partial charge in [0, 0.05) is 25.7 Å². The number of rotatable bonds is 1. The van der Waals surface area contributed by atoms with Crippen molar-refractivity contribution >= 4 is 18.3 Å². The molecule has 0 saturated carbocycles. The molecule has 0 aromatic carbocycles. The van der Waals surface area contributed by atoms with Crippen LogP contribution in [0.15, 0.2) is 16.5 Å². The van der Waals surface area contributed by atoms with Gasteiger partial charge in [-0.3, -0.25) is 4.79 Å². The first-order chi connectivity index (χ1) is 7.16.